The quantitative estimate of drug-likeness (QED) is 0.500. The minimum Gasteiger partial charge on any atom is -0.381 e. The molecule has 4 aliphatic rings. The first kappa shape index (κ1) is 26.2. The Kier molecular flexibility index (Phi) is 7.80. The Morgan fingerprint density at radius 1 is 1.08 bits per heavy atom. The predicted octanol–water partition coefficient (Wildman–Crippen LogP) is 4.33. The van der Waals surface area contributed by atoms with E-state index in [1.54, 1.807) is 0 Å². The lowest BCUT2D eigenvalue weighted by atomic mass is 9.78. The number of carbonyl (C=O) groups excluding carboxylic acids is 1. The van der Waals surface area contributed by atoms with Crippen LogP contribution in [0, 0.1) is 36.5 Å². The van der Waals surface area contributed by atoms with Crippen molar-refractivity contribution in [2.75, 3.05) is 38.0 Å². The van der Waals surface area contributed by atoms with Gasteiger partial charge in [0.15, 0.2) is 5.82 Å². The zero-order chi connectivity index (χ0) is 26.8. The first-order valence-electron chi connectivity index (χ1n) is 14.8. The summed E-state index contributed by atoms with van der Waals surface area (Å²) in [6.07, 6.45) is 9.54. The smallest absolute Gasteiger partial charge is 0.229 e. The first-order valence-corrected chi connectivity index (χ1v) is 14.8. The topological polar surface area (TPSA) is 81.6 Å². The average Bonchev–Trinajstić information content (AvgIpc) is 3.50. The van der Waals surface area contributed by atoms with Gasteiger partial charge in [-0.3, -0.25) is 4.79 Å². The minimum atomic E-state index is -0.137. The molecule has 3 N–H and O–H groups in total. The second-order valence-electron chi connectivity index (χ2n) is 12.1. The van der Waals surface area contributed by atoms with Crippen LogP contribution in [0.15, 0.2) is 59.9 Å². The van der Waals surface area contributed by atoms with Crippen LogP contribution in [-0.2, 0) is 11.2 Å². The summed E-state index contributed by atoms with van der Waals surface area (Å²) in [5.74, 6) is 2.82. The largest absolute Gasteiger partial charge is 0.381 e. The number of aromatic nitrogens is 1. The van der Waals surface area contributed by atoms with Crippen LogP contribution in [0.4, 0.5) is 11.5 Å². The molecule has 0 spiro atoms. The SMILES string of the molecule is CCC1CC(=Nc2ccc(C)cn2)CC2C=CNC(=O)C2C1Nc1ccc(CCN2CC3CNCC3C2)cc1. The molecule has 1 saturated carbocycles. The van der Waals surface area contributed by atoms with Gasteiger partial charge < -0.3 is 20.9 Å². The normalized spacial score (nSPS) is 31.5. The molecule has 7 heteroatoms. The van der Waals surface area contributed by atoms with Crippen molar-refractivity contribution in [3.63, 3.8) is 0 Å². The Morgan fingerprint density at radius 2 is 1.87 bits per heavy atom. The fourth-order valence-corrected chi connectivity index (χ4v) is 7.13. The van der Waals surface area contributed by atoms with Crippen LogP contribution >= 0.6 is 0 Å². The number of aryl methyl sites for hydroxylation is 1. The Balaban J connectivity index is 1.16. The van der Waals surface area contributed by atoms with Gasteiger partial charge in [0.05, 0.1) is 5.92 Å². The molecular formula is C32H42N6O. The minimum absolute atomic E-state index is 0.0343. The number of aliphatic imine (C=N–C) groups is 1. The number of carbonyl (C=O) groups is 1. The molecule has 1 aromatic carbocycles. The molecule has 1 amide bonds. The lowest BCUT2D eigenvalue weighted by molar-refractivity contribution is -0.126. The summed E-state index contributed by atoms with van der Waals surface area (Å²) in [6, 6.07) is 13.0. The van der Waals surface area contributed by atoms with Crippen molar-refractivity contribution in [1.82, 2.24) is 20.5 Å². The molecule has 7 nitrogen and oxygen atoms in total. The van der Waals surface area contributed by atoms with E-state index in [1.165, 1.54) is 31.7 Å². The molecule has 39 heavy (non-hydrogen) atoms. The number of allylic oxidation sites excluding steroid dienone is 1. The van der Waals surface area contributed by atoms with Crippen molar-refractivity contribution in [3.05, 3.63) is 66.0 Å². The van der Waals surface area contributed by atoms with Crippen LogP contribution in [0.5, 0.6) is 0 Å². The van der Waals surface area contributed by atoms with E-state index in [-0.39, 0.29) is 23.8 Å². The molecule has 1 aliphatic carbocycles. The van der Waals surface area contributed by atoms with Gasteiger partial charge in [0.25, 0.3) is 0 Å². The summed E-state index contributed by atoms with van der Waals surface area (Å²) in [5.41, 5.74) is 4.73. The van der Waals surface area contributed by atoms with Gasteiger partial charge in [-0.1, -0.05) is 37.6 Å². The monoisotopic (exact) mass is 526 g/mol. The van der Waals surface area contributed by atoms with Crippen LogP contribution in [0.1, 0.15) is 37.3 Å². The van der Waals surface area contributed by atoms with E-state index in [9.17, 15) is 4.79 Å². The molecule has 206 valence electrons. The van der Waals surface area contributed by atoms with Crippen molar-refractivity contribution in [3.8, 4) is 0 Å². The molecule has 6 rings (SSSR count). The third-order valence-corrected chi connectivity index (χ3v) is 9.36. The van der Waals surface area contributed by atoms with E-state index < -0.39 is 0 Å². The number of likely N-dealkylation sites (tertiary alicyclic amines) is 1. The highest BCUT2D eigenvalue weighted by Gasteiger charge is 2.43. The van der Waals surface area contributed by atoms with Crippen molar-refractivity contribution < 1.29 is 4.79 Å². The summed E-state index contributed by atoms with van der Waals surface area (Å²) in [4.78, 5) is 25.3. The van der Waals surface area contributed by atoms with Crippen molar-refractivity contribution in [2.24, 2.45) is 34.6 Å². The molecule has 6 atom stereocenters. The van der Waals surface area contributed by atoms with E-state index in [4.69, 9.17) is 4.99 Å². The number of rotatable bonds is 7. The molecule has 0 radical (unpaired) electrons. The molecule has 4 heterocycles. The molecule has 3 fully saturated rings. The van der Waals surface area contributed by atoms with Crippen LogP contribution in [0.2, 0.25) is 0 Å². The molecular weight excluding hydrogens is 484 g/mol. The highest BCUT2D eigenvalue weighted by molar-refractivity contribution is 5.90. The zero-order valence-electron chi connectivity index (χ0n) is 23.3. The van der Waals surface area contributed by atoms with Gasteiger partial charge in [-0.15, -0.1) is 0 Å². The zero-order valence-corrected chi connectivity index (χ0v) is 23.3. The molecule has 2 aromatic rings. The van der Waals surface area contributed by atoms with Crippen molar-refractivity contribution >= 4 is 23.1 Å². The van der Waals surface area contributed by atoms with E-state index in [0.717, 1.165) is 66.8 Å². The number of nitrogens with zero attached hydrogens (tertiary/aromatic N) is 3. The maximum absolute atomic E-state index is 13.2. The fraction of sp³-hybridized carbons (Fsp3) is 0.531. The number of pyridine rings is 1. The van der Waals surface area contributed by atoms with Crippen molar-refractivity contribution in [2.45, 2.75) is 45.6 Å². The molecule has 3 aliphatic heterocycles. The van der Waals surface area contributed by atoms with Crippen LogP contribution in [0.25, 0.3) is 0 Å². The molecule has 2 saturated heterocycles. The number of hydrogen-bond donors (Lipinski definition) is 3. The summed E-state index contributed by atoms with van der Waals surface area (Å²) < 4.78 is 0. The number of benzene rings is 1. The first-order chi connectivity index (χ1) is 19.1. The Bertz CT molecular complexity index is 1190. The van der Waals surface area contributed by atoms with Crippen LogP contribution in [0.3, 0.4) is 0 Å². The summed E-state index contributed by atoms with van der Waals surface area (Å²) in [6.45, 7) is 10.2. The second kappa shape index (κ2) is 11.6. The summed E-state index contributed by atoms with van der Waals surface area (Å²) in [7, 11) is 0. The predicted molar refractivity (Wildman–Crippen MR) is 157 cm³/mol. The van der Waals surface area contributed by atoms with Crippen LogP contribution < -0.4 is 16.0 Å². The van der Waals surface area contributed by atoms with Gasteiger partial charge in [-0.25, -0.2) is 9.98 Å². The van der Waals surface area contributed by atoms with Crippen LogP contribution in [-0.4, -0.2) is 60.3 Å². The number of anilines is 1. The third kappa shape index (κ3) is 5.94. The average molecular weight is 527 g/mol. The second-order valence-corrected chi connectivity index (χ2v) is 12.1. The highest BCUT2D eigenvalue weighted by atomic mass is 16.1. The van der Waals surface area contributed by atoms with Gasteiger partial charge in [-0.2, -0.15) is 0 Å². The van der Waals surface area contributed by atoms with E-state index >= 15 is 0 Å². The van der Waals surface area contributed by atoms with Gasteiger partial charge >= 0.3 is 0 Å². The Labute approximate surface area is 232 Å². The maximum atomic E-state index is 13.2. The lowest BCUT2D eigenvalue weighted by Crippen LogP contribution is -2.47. The van der Waals surface area contributed by atoms with E-state index in [2.05, 4.69) is 69.2 Å². The molecule has 1 aromatic heterocycles. The van der Waals surface area contributed by atoms with Gasteiger partial charge in [0.1, 0.15) is 0 Å². The van der Waals surface area contributed by atoms with E-state index in [0.29, 0.717) is 5.92 Å². The number of fused-ring (bicyclic) bond motifs is 2. The Morgan fingerprint density at radius 3 is 2.59 bits per heavy atom. The summed E-state index contributed by atoms with van der Waals surface area (Å²) in [5, 5.41) is 10.3. The van der Waals surface area contributed by atoms with Gasteiger partial charge in [0, 0.05) is 49.5 Å². The standard InChI is InChI=1S/C32H42N6O/c1-3-23-14-28(36-29-9-4-21(2)16-35-29)15-24-10-12-34-32(39)30(24)31(23)37-27-7-5-22(6-8-27)11-13-38-19-25-17-33-18-26(25)20-38/h4-10,12,16,23-26,30-31,33,37H,3,11,13-15,17-20H2,1-2H3,(H,34,39). The fourth-order valence-electron chi connectivity index (χ4n) is 7.13. The lowest BCUT2D eigenvalue weighted by Gasteiger charge is -2.35. The number of amides is 1. The highest BCUT2D eigenvalue weighted by Crippen LogP contribution is 2.38. The van der Waals surface area contributed by atoms with Gasteiger partial charge in [-0.05, 0) is 92.3 Å². The molecule has 0 bridgehead atoms. The van der Waals surface area contributed by atoms with Gasteiger partial charge in [0.2, 0.25) is 5.91 Å². The Hall–Kier alpha value is -3.03. The molecule has 6 unspecified atom stereocenters. The maximum Gasteiger partial charge on any atom is 0.229 e. The summed E-state index contributed by atoms with van der Waals surface area (Å²) >= 11 is 0. The van der Waals surface area contributed by atoms with Crippen molar-refractivity contribution in [1.29, 1.82) is 0 Å². The third-order valence-electron chi connectivity index (χ3n) is 9.36. The number of nitrogens with one attached hydrogen (secondary N) is 3. The number of hydrogen-bond acceptors (Lipinski definition) is 6. The van der Waals surface area contributed by atoms with E-state index in [1.807, 2.05) is 25.4 Å².